The zero-order valence-corrected chi connectivity index (χ0v) is 17.6. The molecule has 1 amide bonds. The molecule has 0 N–H and O–H groups in total. The van der Waals surface area contributed by atoms with Crippen molar-refractivity contribution in [1.29, 1.82) is 0 Å². The Morgan fingerprint density at radius 3 is 2.19 bits per heavy atom. The second-order valence-electron chi connectivity index (χ2n) is 7.71. The largest absolute Gasteiger partial charge is 0.304 e. The summed E-state index contributed by atoms with van der Waals surface area (Å²) in [5, 5.41) is 0.955. The fraction of sp³-hybridized carbons (Fsp3) is 0.0345. The molecule has 0 aliphatic rings. The summed E-state index contributed by atoms with van der Waals surface area (Å²) in [5.41, 5.74) is 5.57. The van der Waals surface area contributed by atoms with E-state index in [9.17, 15) is 4.79 Å². The SMILES string of the molecule is O=C(c1cnc2ccccc2c1)N(Cc1ccccc1)c1cccc(-c2ccccc2)c1. The number of amides is 1. The average molecular weight is 415 g/mol. The van der Waals surface area contributed by atoms with Gasteiger partial charge in [-0.1, -0.05) is 91.0 Å². The van der Waals surface area contributed by atoms with Crippen LogP contribution in [-0.2, 0) is 6.54 Å². The number of anilines is 1. The number of fused-ring (bicyclic) bond motifs is 1. The summed E-state index contributed by atoms with van der Waals surface area (Å²) < 4.78 is 0. The molecule has 3 nitrogen and oxygen atoms in total. The van der Waals surface area contributed by atoms with Crippen molar-refractivity contribution in [3.63, 3.8) is 0 Å². The first-order valence-electron chi connectivity index (χ1n) is 10.6. The number of carbonyl (C=O) groups excluding carboxylic acids is 1. The molecule has 0 aliphatic heterocycles. The number of benzene rings is 4. The minimum atomic E-state index is -0.0719. The van der Waals surface area contributed by atoms with E-state index >= 15 is 0 Å². The molecule has 1 heterocycles. The fourth-order valence-electron chi connectivity index (χ4n) is 3.87. The maximum absolute atomic E-state index is 13.7. The molecule has 32 heavy (non-hydrogen) atoms. The van der Waals surface area contributed by atoms with E-state index in [0.29, 0.717) is 12.1 Å². The van der Waals surface area contributed by atoms with E-state index in [-0.39, 0.29) is 5.91 Å². The van der Waals surface area contributed by atoms with Gasteiger partial charge in [0.15, 0.2) is 0 Å². The summed E-state index contributed by atoms with van der Waals surface area (Å²) in [5.74, 6) is -0.0719. The second-order valence-corrected chi connectivity index (χ2v) is 7.71. The Balaban J connectivity index is 1.57. The highest BCUT2D eigenvalue weighted by molar-refractivity contribution is 6.07. The maximum Gasteiger partial charge on any atom is 0.260 e. The van der Waals surface area contributed by atoms with Gasteiger partial charge in [0.05, 0.1) is 17.6 Å². The van der Waals surface area contributed by atoms with Crippen LogP contribution in [0, 0.1) is 0 Å². The highest BCUT2D eigenvalue weighted by atomic mass is 16.2. The normalized spacial score (nSPS) is 10.8. The Morgan fingerprint density at radius 2 is 1.38 bits per heavy atom. The standard InChI is InChI=1S/C29H22N2O/c32-29(26-18-25-14-7-8-17-28(25)30-20-26)31(21-22-10-3-1-4-11-22)27-16-9-15-24(19-27)23-12-5-2-6-13-23/h1-20H,21H2. The van der Waals surface area contributed by atoms with Crippen LogP contribution in [-0.4, -0.2) is 10.9 Å². The molecular formula is C29H22N2O. The van der Waals surface area contributed by atoms with Crippen molar-refractivity contribution in [1.82, 2.24) is 4.98 Å². The van der Waals surface area contributed by atoms with Gasteiger partial charge in [0.1, 0.15) is 0 Å². The number of carbonyl (C=O) groups is 1. The summed E-state index contributed by atoms with van der Waals surface area (Å²) in [6.45, 7) is 0.477. The van der Waals surface area contributed by atoms with Crippen molar-refractivity contribution in [3.8, 4) is 11.1 Å². The van der Waals surface area contributed by atoms with Gasteiger partial charge in [0, 0.05) is 17.3 Å². The molecule has 0 saturated carbocycles. The minimum absolute atomic E-state index is 0.0719. The number of nitrogens with zero attached hydrogens (tertiary/aromatic N) is 2. The Kier molecular flexibility index (Phi) is 5.46. The van der Waals surface area contributed by atoms with E-state index in [0.717, 1.165) is 33.3 Å². The first kappa shape index (κ1) is 19.7. The Hall–Kier alpha value is -4.24. The monoisotopic (exact) mass is 414 g/mol. The van der Waals surface area contributed by atoms with E-state index < -0.39 is 0 Å². The third-order valence-electron chi connectivity index (χ3n) is 5.53. The predicted octanol–water partition coefficient (Wildman–Crippen LogP) is 6.75. The van der Waals surface area contributed by atoms with Gasteiger partial charge in [-0.05, 0) is 41.0 Å². The van der Waals surface area contributed by atoms with Gasteiger partial charge in [-0.25, -0.2) is 0 Å². The first-order chi connectivity index (χ1) is 15.8. The van der Waals surface area contributed by atoms with Crippen molar-refractivity contribution < 1.29 is 4.79 Å². The molecule has 4 aromatic carbocycles. The van der Waals surface area contributed by atoms with Gasteiger partial charge in [-0.15, -0.1) is 0 Å². The van der Waals surface area contributed by atoms with Crippen LogP contribution in [0.15, 0.2) is 121 Å². The van der Waals surface area contributed by atoms with Gasteiger partial charge in [-0.3, -0.25) is 9.78 Å². The Labute approximate surface area is 187 Å². The molecule has 5 aromatic rings. The smallest absolute Gasteiger partial charge is 0.260 e. The van der Waals surface area contributed by atoms with Gasteiger partial charge in [0.2, 0.25) is 0 Å². The summed E-state index contributed by atoms with van der Waals surface area (Å²) >= 11 is 0. The van der Waals surface area contributed by atoms with Crippen LogP contribution < -0.4 is 4.90 Å². The van der Waals surface area contributed by atoms with Crippen LogP contribution in [0.5, 0.6) is 0 Å². The third-order valence-corrected chi connectivity index (χ3v) is 5.53. The predicted molar refractivity (Wildman–Crippen MR) is 131 cm³/mol. The van der Waals surface area contributed by atoms with E-state index in [2.05, 4.69) is 29.2 Å². The highest BCUT2D eigenvalue weighted by Gasteiger charge is 2.19. The van der Waals surface area contributed by atoms with Crippen molar-refractivity contribution in [3.05, 3.63) is 133 Å². The lowest BCUT2D eigenvalue weighted by molar-refractivity contribution is 0.0985. The van der Waals surface area contributed by atoms with Crippen LogP contribution >= 0.6 is 0 Å². The summed E-state index contributed by atoms with van der Waals surface area (Å²) in [4.78, 5) is 20.1. The molecule has 0 unspecified atom stereocenters. The van der Waals surface area contributed by atoms with Crippen LogP contribution in [0.2, 0.25) is 0 Å². The maximum atomic E-state index is 13.7. The molecule has 0 aliphatic carbocycles. The molecule has 0 radical (unpaired) electrons. The molecule has 0 spiro atoms. The van der Waals surface area contributed by atoms with Crippen molar-refractivity contribution in [2.45, 2.75) is 6.54 Å². The number of para-hydroxylation sites is 1. The van der Waals surface area contributed by atoms with Crippen LogP contribution in [0.3, 0.4) is 0 Å². The molecule has 0 saturated heterocycles. The number of aromatic nitrogens is 1. The van der Waals surface area contributed by atoms with Crippen LogP contribution in [0.25, 0.3) is 22.0 Å². The third kappa shape index (κ3) is 4.14. The van der Waals surface area contributed by atoms with E-state index in [4.69, 9.17) is 0 Å². The average Bonchev–Trinajstić information content (AvgIpc) is 2.88. The number of hydrogen-bond acceptors (Lipinski definition) is 2. The van der Waals surface area contributed by atoms with Gasteiger partial charge < -0.3 is 4.90 Å². The van der Waals surface area contributed by atoms with E-state index in [1.54, 1.807) is 6.20 Å². The van der Waals surface area contributed by atoms with E-state index in [1.165, 1.54) is 0 Å². The zero-order chi connectivity index (χ0) is 21.8. The highest BCUT2D eigenvalue weighted by Crippen LogP contribution is 2.27. The molecule has 1 aromatic heterocycles. The summed E-state index contributed by atoms with van der Waals surface area (Å²) in [6.07, 6.45) is 1.67. The zero-order valence-electron chi connectivity index (χ0n) is 17.6. The Bertz CT molecular complexity index is 1360. The number of pyridine rings is 1. The number of hydrogen-bond donors (Lipinski definition) is 0. The molecule has 0 atom stereocenters. The molecule has 0 fully saturated rings. The van der Waals surface area contributed by atoms with Crippen LogP contribution in [0.1, 0.15) is 15.9 Å². The quantitative estimate of drug-likeness (QED) is 0.319. The lowest BCUT2D eigenvalue weighted by Gasteiger charge is -2.24. The fourth-order valence-corrected chi connectivity index (χ4v) is 3.87. The minimum Gasteiger partial charge on any atom is -0.304 e. The summed E-state index contributed by atoms with van der Waals surface area (Å²) in [7, 11) is 0. The summed E-state index contributed by atoms with van der Waals surface area (Å²) in [6, 6.07) is 38.2. The molecule has 0 bridgehead atoms. The topological polar surface area (TPSA) is 33.2 Å². The van der Waals surface area contributed by atoms with Crippen molar-refractivity contribution in [2.24, 2.45) is 0 Å². The first-order valence-corrected chi connectivity index (χ1v) is 10.6. The number of rotatable bonds is 5. The molecule has 5 rings (SSSR count). The second kappa shape index (κ2) is 8.86. The lowest BCUT2D eigenvalue weighted by atomic mass is 10.0. The van der Waals surface area contributed by atoms with E-state index in [1.807, 2.05) is 95.9 Å². The molecular weight excluding hydrogens is 392 g/mol. The molecule has 154 valence electrons. The Morgan fingerprint density at radius 1 is 0.688 bits per heavy atom. The molecule has 3 heteroatoms. The van der Waals surface area contributed by atoms with Gasteiger partial charge >= 0.3 is 0 Å². The van der Waals surface area contributed by atoms with Crippen molar-refractivity contribution in [2.75, 3.05) is 4.90 Å². The lowest BCUT2D eigenvalue weighted by Crippen LogP contribution is -2.30. The van der Waals surface area contributed by atoms with Crippen LogP contribution in [0.4, 0.5) is 5.69 Å². The van der Waals surface area contributed by atoms with Crippen molar-refractivity contribution >= 4 is 22.5 Å². The van der Waals surface area contributed by atoms with Gasteiger partial charge in [-0.2, -0.15) is 0 Å². The van der Waals surface area contributed by atoms with Gasteiger partial charge in [0.25, 0.3) is 5.91 Å².